The minimum absolute atomic E-state index is 0.217. The molecule has 1 rings (SSSR count). The lowest BCUT2D eigenvalue weighted by molar-refractivity contribution is -0.139. The Morgan fingerprint density at radius 1 is 1.33 bits per heavy atom. The predicted molar refractivity (Wildman–Crippen MR) is 41.7 cm³/mol. The molecule has 0 radical (unpaired) electrons. The molecule has 0 bridgehead atoms. The number of methoxy groups -OCH3 is 1. The highest BCUT2D eigenvalue weighted by Crippen LogP contribution is 1.94. The summed E-state index contributed by atoms with van der Waals surface area (Å²) in [6.45, 7) is 0. The molecule has 12 heavy (non-hydrogen) atoms. The number of hydrogen-bond donors (Lipinski definition) is 0. The van der Waals surface area contributed by atoms with Crippen LogP contribution in [0.15, 0.2) is 24.5 Å². The number of aromatic nitrogens is 1. The summed E-state index contributed by atoms with van der Waals surface area (Å²) in [7, 11) is 1.26. The van der Waals surface area contributed by atoms with Crippen molar-refractivity contribution in [1.82, 2.24) is 4.57 Å². The summed E-state index contributed by atoms with van der Waals surface area (Å²) in [5, 5.41) is 0. The van der Waals surface area contributed by atoms with Gasteiger partial charge in [0, 0.05) is 12.4 Å². The first kappa shape index (κ1) is 8.52. The van der Waals surface area contributed by atoms with Crippen LogP contribution in [0.5, 0.6) is 0 Å². The number of carbonyl (C=O) groups is 2. The molecule has 1 heterocycles. The minimum Gasteiger partial charge on any atom is -0.469 e. The molecule has 4 nitrogen and oxygen atoms in total. The molecular formula is C8H9NO3. The first-order valence-corrected chi connectivity index (χ1v) is 3.47. The van der Waals surface area contributed by atoms with E-state index in [0.717, 1.165) is 0 Å². The van der Waals surface area contributed by atoms with E-state index < -0.39 is 5.97 Å². The third-order valence-corrected chi connectivity index (χ3v) is 1.42. The second kappa shape index (κ2) is 3.71. The van der Waals surface area contributed by atoms with Crippen molar-refractivity contribution in [3.05, 3.63) is 24.5 Å². The molecule has 0 fully saturated rings. The van der Waals surface area contributed by atoms with Crippen LogP contribution in [0.25, 0.3) is 0 Å². The molecular weight excluding hydrogens is 158 g/mol. The quantitative estimate of drug-likeness (QED) is 0.481. The number of carbonyl (C=O) groups excluding carboxylic acids is 2. The molecule has 0 spiro atoms. The van der Waals surface area contributed by atoms with E-state index in [-0.39, 0.29) is 12.3 Å². The van der Waals surface area contributed by atoms with E-state index in [9.17, 15) is 9.59 Å². The van der Waals surface area contributed by atoms with Crippen LogP contribution in [0.1, 0.15) is 11.2 Å². The van der Waals surface area contributed by atoms with E-state index in [0.29, 0.717) is 0 Å². The third-order valence-electron chi connectivity index (χ3n) is 1.42. The van der Waals surface area contributed by atoms with E-state index in [4.69, 9.17) is 0 Å². The van der Waals surface area contributed by atoms with Crippen LogP contribution in [0.3, 0.4) is 0 Å². The zero-order valence-electron chi connectivity index (χ0n) is 6.69. The molecule has 0 saturated heterocycles. The molecule has 64 valence electrons. The Bertz CT molecular complexity index is 277. The summed E-state index contributed by atoms with van der Waals surface area (Å²) in [4.78, 5) is 21.8. The molecule has 0 atom stereocenters. The van der Waals surface area contributed by atoms with Crippen molar-refractivity contribution in [3.8, 4) is 0 Å². The van der Waals surface area contributed by atoms with Crippen molar-refractivity contribution >= 4 is 11.9 Å². The highest BCUT2D eigenvalue weighted by Gasteiger charge is 2.09. The summed E-state index contributed by atoms with van der Waals surface area (Å²) in [6.07, 6.45) is 2.96. The van der Waals surface area contributed by atoms with Crippen LogP contribution < -0.4 is 0 Å². The topological polar surface area (TPSA) is 48.3 Å². The molecule has 0 aliphatic rings. The third kappa shape index (κ3) is 1.95. The highest BCUT2D eigenvalue weighted by molar-refractivity contribution is 5.95. The second-order valence-corrected chi connectivity index (χ2v) is 2.24. The Kier molecular flexibility index (Phi) is 2.63. The van der Waals surface area contributed by atoms with Crippen molar-refractivity contribution in [2.24, 2.45) is 0 Å². The number of nitrogens with zero attached hydrogens (tertiary/aromatic N) is 1. The second-order valence-electron chi connectivity index (χ2n) is 2.24. The van der Waals surface area contributed by atoms with Crippen molar-refractivity contribution in [2.75, 3.05) is 7.11 Å². The van der Waals surface area contributed by atoms with Crippen LogP contribution in [0, 0.1) is 0 Å². The fourth-order valence-electron chi connectivity index (χ4n) is 0.788. The molecule has 0 saturated carbocycles. The van der Waals surface area contributed by atoms with Gasteiger partial charge in [0.2, 0.25) is 5.91 Å². The van der Waals surface area contributed by atoms with Crippen molar-refractivity contribution < 1.29 is 14.3 Å². The van der Waals surface area contributed by atoms with E-state index in [2.05, 4.69) is 4.74 Å². The van der Waals surface area contributed by atoms with Crippen molar-refractivity contribution in [1.29, 1.82) is 0 Å². The zero-order valence-corrected chi connectivity index (χ0v) is 6.69. The monoisotopic (exact) mass is 167 g/mol. The normalized spacial score (nSPS) is 9.42. The van der Waals surface area contributed by atoms with Gasteiger partial charge in [-0.2, -0.15) is 0 Å². The molecule has 4 heteroatoms. The highest BCUT2D eigenvalue weighted by atomic mass is 16.5. The van der Waals surface area contributed by atoms with Gasteiger partial charge in [0.05, 0.1) is 7.11 Å². The van der Waals surface area contributed by atoms with Crippen LogP contribution in [-0.4, -0.2) is 23.6 Å². The Morgan fingerprint density at radius 3 is 2.42 bits per heavy atom. The fourth-order valence-corrected chi connectivity index (χ4v) is 0.788. The average molecular weight is 167 g/mol. The van der Waals surface area contributed by atoms with Gasteiger partial charge in [0.25, 0.3) is 0 Å². The first-order valence-electron chi connectivity index (χ1n) is 3.47. The van der Waals surface area contributed by atoms with Gasteiger partial charge >= 0.3 is 5.97 Å². The maximum Gasteiger partial charge on any atom is 0.315 e. The van der Waals surface area contributed by atoms with Gasteiger partial charge in [-0.25, -0.2) is 0 Å². The van der Waals surface area contributed by atoms with Gasteiger partial charge in [-0.15, -0.1) is 0 Å². The van der Waals surface area contributed by atoms with E-state index in [1.54, 1.807) is 24.5 Å². The lowest BCUT2D eigenvalue weighted by Crippen LogP contribution is -2.14. The van der Waals surface area contributed by atoms with Crippen molar-refractivity contribution in [3.63, 3.8) is 0 Å². The van der Waals surface area contributed by atoms with Gasteiger partial charge in [0.15, 0.2) is 0 Å². The Morgan fingerprint density at radius 2 is 1.92 bits per heavy atom. The molecule has 0 amide bonds. The van der Waals surface area contributed by atoms with Crippen LogP contribution in [0.4, 0.5) is 0 Å². The molecule has 0 aliphatic carbocycles. The van der Waals surface area contributed by atoms with Crippen LogP contribution in [0.2, 0.25) is 0 Å². The SMILES string of the molecule is COC(=O)CC(=O)n1cccc1. The maximum absolute atomic E-state index is 11.1. The van der Waals surface area contributed by atoms with Gasteiger partial charge in [0.1, 0.15) is 6.42 Å². The maximum atomic E-state index is 11.1. The number of esters is 1. The summed E-state index contributed by atoms with van der Waals surface area (Å²) < 4.78 is 5.69. The Balaban J connectivity index is 2.56. The van der Waals surface area contributed by atoms with Crippen LogP contribution >= 0.6 is 0 Å². The zero-order chi connectivity index (χ0) is 8.97. The first-order chi connectivity index (χ1) is 5.74. The van der Waals surface area contributed by atoms with Gasteiger partial charge < -0.3 is 4.74 Å². The molecule has 1 aromatic rings. The van der Waals surface area contributed by atoms with Crippen molar-refractivity contribution in [2.45, 2.75) is 6.42 Å². The lowest BCUT2D eigenvalue weighted by atomic mass is 10.4. The Hall–Kier alpha value is -1.58. The summed E-state index contributed by atoms with van der Waals surface area (Å²) in [5.74, 6) is -0.805. The molecule has 1 aromatic heterocycles. The van der Waals surface area contributed by atoms with Gasteiger partial charge in [-0.1, -0.05) is 0 Å². The fraction of sp³-hybridized carbons (Fsp3) is 0.250. The van der Waals surface area contributed by atoms with E-state index in [1.165, 1.54) is 11.7 Å². The smallest absolute Gasteiger partial charge is 0.315 e. The molecule has 0 aliphatic heterocycles. The standard InChI is InChI=1S/C8H9NO3/c1-12-8(11)6-7(10)9-4-2-3-5-9/h2-5H,6H2,1H3. The average Bonchev–Trinajstić information content (AvgIpc) is 2.56. The number of hydrogen-bond acceptors (Lipinski definition) is 3. The largest absolute Gasteiger partial charge is 0.469 e. The number of ether oxygens (including phenoxy) is 1. The van der Waals surface area contributed by atoms with Gasteiger partial charge in [-0.05, 0) is 12.1 Å². The minimum atomic E-state index is -0.520. The predicted octanol–water partition coefficient (Wildman–Crippen LogP) is 0.691. The lowest BCUT2D eigenvalue weighted by Gasteiger charge is -1.99. The Labute approximate surface area is 69.7 Å². The summed E-state index contributed by atoms with van der Waals surface area (Å²) in [6, 6.07) is 3.43. The van der Waals surface area contributed by atoms with E-state index in [1.807, 2.05) is 0 Å². The number of rotatable bonds is 2. The molecule has 0 N–H and O–H groups in total. The molecule has 0 aromatic carbocycles. The molecule has 0 unspecified atom stereocenters. The summed E-state index contributed by atoms with van der Waals surface area (Å²) in [5.41, 5.74) is 0. The van der Waals surface area contributed by atoms with Gasteiger partial charge in [-0.3, -0.25) is 14.2 Å². The summed E-state index contributed by atoms with van der Waals surface area (Å²) >= 11 is 0. The van der Waals surface area contributed by atoms with Crippen LogP contribution in [-0.2, 0) is 9.53 Å². The van der Waals surface area contributed by atoms with E-state index >= 15 is 0 Å².